The number of rotatable bonds is 5. The molecule has 1 heterocycles. The van der Waals surface area contributed by atoms with Crippen molar-refractivity contribution >= 4 is 28.3 Å². The number of benzene rings is 1. The van der Waals surface area contributed by atoms with Gasteiger partial charge in [-0.1, -0.05) is 18.2 Å². The largest absolute Gasteiger partial charge is 0.367 e. The van der Waals surface area contributed by atoms with Crippen LogP contribution in [0.5, 0.6) is 0 Å². The number of hydrogen-bond donors (Lipinski definition) is 2. The third-order valence-electron chi connectivity index (χ3n) is 8.15. The lowest BCUT2D eigenvalue weighted by Gasteiger charge is -2.56. The topological polar surface area (TPSA) is 54.0 Å². The number of fused-ring (bicyclic) bond motifs is 1. The molecule has 152 valence electrons. The van der Waals surface area contributed by atoms with E-state index in [4.69, 9.17) is 4.98 Å². The molecule has 5 fully saturated rings. The molecule has 4 heteroatoms. The average molecular weight is 390 g/mol. The van der Waals surface area contributed by atoms with Gasteiger partial charge in [0, 0.05) is 23.9 Å². The predicted molar refractivity (Wildman–Crippen MR) is 117 cm³/mol. The molecule has 5 aliphatic rings. The maximum Gasteiger partial charge on any atom is 0.224 e. The van der Waals surface area contributed by atoms with E-state index in [-0.39, 0.29) is 11.3 Å². The Hall–Kier alpha value is -2.10. The number of nitrogens with one attached hydrogen (secondary N) is 2. The molecular weight excluding hydrogens is 358 g/mol. The SMILES string of the molecule is O=C(CC12CC3CC(CC(C3)C1)C2)Nc1cc(NC2CCC2)nc2ccccc12. The van der Waals surface area contributed by atoms with Gasteiger partial charge in [0.2, 0.25) is 5.91 Å². The van der Waals surface area contributed by atoms with Crippen molar-refractivity contribution in [1.29, 1.82) is 0 Å². The Morgan fingerprint density at radius 3 is 2.38 bits per heavy atom. The van der Waals surface area contributed by atoms with Crippen LogP contribution in [0.1, 0.15) is 64.2 Å². The summed E-state index contributed by atoms with van der Waals surface area (Å²) in [5.74, 6) is 3.73. The van der Waals surface area contributed by atoms with Crippen molar-refractivity contribution in [3.05, 3.63) is 30.3 Å². The Kier molecular flexibility index (Phi) is 4.11. The Morgan fingerprint density at radius 1 is 1.03 bits per heavy atom. The quantitative estimate of drug-likeness (QED) is 0.685. The van der Waals surface area contributed by atoms with E-state index in [1.165, 1.54) is 57.8 Å². The molecular formula is C25H31N3O. The van der Waals surface area contributed by atoms with E-state index in [1.807, 2.05) is 24.3 Å². The monoisotopic (exact) mass is 389 g/mol. The van der Waals surface area contributed by atoms with E-state index < -0.39 is 0 Å². The number of carbonyl (C=O) groups is 1. The van der Waals surface area contributed by atoms with Gasteiger partial charge in [-0.3, -0.25) is 4.79 Å². The van der Waals surface area contributed by atoms with Gasteiger partial charge in [-0.05, 0) is 87.0 Å². The number of nitrogens with zero attached hydrogens (tertiary/aromatic N) is 1. The Labute approximate surface area is 172 Å². The molecule has 0 saturated heterocycles. The number of amides is 1. The van der Waals surface area contributed by atoms with Crippen LogP contribution in [-0.4, -0.2) is 16.9 Å². The van der Waals surface area contributed by atoms with Crippen molar-refractivity contribution < 1.29 is 4.79 Å². The lowest BCUT2D eigenvalue weighted by Crippen LogP contribution is -2.47. The zero-order chi connectivity index (χ0) is 19.4. The van der Waals surface area contributed by atoms with Gasteiger partial charge in [-0.25, -0.2) is 4.98 Å². The summed E-state index contributed by atoms with van der Waals surface area (Å²) in [5.41, 5.74) is 2.13. The molecule has 5 saturated carbocycles. The summed E-state index contributed by atoms with van der Waals surface area (Å²) in [4.78, 5) is 18.0. The molecule has 0 atom stereocenters. The van der Waals surface area contributed by atoms with E-state index in [1.54, 1.807) is 0 Å². The molecule has 1 aromatic heterocycles. The van der Waals surface area contributed by atoms with Gasteiger partial charge in [-0.15, -0.1) is 0 Å². The minimum Gasteiger partial charge on any atom is -0.367 e. The van der Waals surface area contributed by atoms with Crippen LogP contribution in [0.4, 0.5) is 11.5 Å². The highest BCUT2D eigenvalue weighted by molar-refractivity contribution is 6.02. The first kappa shape index (κ1) is 17.7. The second-order valence-corrected chi connectivity index (χ2v) is 10.5. The molecule has 29 heavy (non-hydrogen) atoms. The summed E-state index contributed by atoms with van der Waals surface area (Å²) in [7, 11) is 0. The minimum atomic E-state index is 0.192. The fourth-order valence-corrected chi connectivity index (χ4v) is 7.16. The summed E-state index contributed by atoms with van der Waals surface area (Å²) in [6, 6.07) is 10.7. The lowest BCUT2D eigenvalue weighted by molar-refractivity contribution is -0.124. The number of para-hydroxylation sites is 1. The van der Waals surface area contributed by atoms with Crippen molar-refractivity contribution in [3.8, 4) is 0 Å². The number of hydrogen-bond acceptors (Lipinski definition) is 3. The molecule has 0 spiro atoms. The smallest absolute Gasteiger partial charge is 0.224 e. The van der Waals surface area contributed by atoms with Crippen LogP contribution in [0, 0.1) is 23.2 Å². The van der Waals surface area contributed by atoms with E-state index >= 15 is 0 Å². The van der Waals surface area contributed by atoms with Gasteiger partial charge in [0.05, 0.1) is 11.2 Å². The van der Waals surface area contributed by atoms with Crippen LogP contribution in [0.25, 0.3) is 10.9 Å². The van der Waals surface area contributed by atoms with Gasteiger partial charge in [0.25, 0.3) is 0 Å². The number of anilines is 2. The molecule has 7 rings (SSSR count). The highest BCUT2D eigenvalue weighted by atomic mass is 16.1. The van der Waals surface area contributed by atoms with Crippen LogP contribution in [0.15, 0.2) is 30.3 Å². The van der Waals surface area contributed by atoms with Crippen LogP contribution in [-0.2, 0) is 4.79 Å². The zero-order valence-electron chi connectivity index (χ0n) is 17.1. The second kappa shape index (κ2) is 6.72. The number of pyridine rings is 1. The van der Waals surface area contributed by atoms with Gasteiger partial charge < -0.3 is 10.6 Å². The fourth-order valence-electron chi connectivity index (χ4n) is 7.16. The van der Waals surface area contributed by atoms with E-state index in [0.717, 1.165) is 40.2 Å². The zero-order valence-corrected chi connectivity index (χ0v) is 17.1. The molecule has 1 amide bonds. The molecule has 1 aromatic carbocycles. The van der Waals surface area contributed by atoms with Crippen LogP contribution in [0.2, 0.25) is 0 Å². The number of carbonyl (C=O) groups excluding carboxylic acids is 1. The summed E-state index contributed by atoms with van der Waals surface area (Å²) >= 11 is 0. The van der Waals surface area contributed by atoms with Gasteiger partial charge in [-0.2, -0.15) is 0 Å². The molecule has 0 radical (unpaired) electrons. The lowest BCUT2D eigenvalue weighted by atomic mass is 9.49. The first-order valence-electron chi connectivity index (χ1n) is 11.6. The molecule has 0 aliphatic heterocycles. The van der Waals surface area contributed by atoms with Gasteiger partial charge in [0.15, 0.2) is 0 Å². The van der Waals surface area contributed by atoms with Gasteiger partial charge in [0.1, 0.15) is 5.82 Å². The Bertz CT molecular complexity index is 913. The molecule has 4 bridgehead atoms. The van der Waals surface area contributed by atoms with Crippen LogP contribution >= 0.6 is 0 Å². The van der Waals surface area contributed by atoms with Crippen LogP contribution in [0.3, 0.4) is 0 Å². The predicted octanol–water partition coefficient (Wildman–Crippen LogP) is 5.74. The second-order valence-electron chi connectivity index (χ2n) is 10.5. The highest BCUT2D eigenvalue weighted by Gasteiger charge is 2.51. The van der Waals surface area contributed by atoms with E-state index in [9.17, 15) is 4.79 Å². The standard InChI is InChI=1S/C25H31N3O/c29-24(15-25-12-16-8-17(13-25)10-18(9-16)14-25)28-22-11-23(26-19-4-3-5-19)27-21-7-2-1-6-20(21)22/h1-2,6-7,11,16-19H,3-5,8-10,12-15H2,(H2,26,27,28,29). The normalized spacial score (nSPS) is 32.9. The fraction of sp³-hybridized carbons (Fsp3) is 0.600. The van der Waals surface area contributed by atoms with E-state index in [2.05, 4.69) is 16.7 Å². The first-order chi connectivity index (χ1) is 14.1. The minimum absolute atomic E-state index is 0.192. The van der Waals surface area contributed by atoms with Crippen molar-refractivity contribution in [2.45, 2.75) is 70.3 Å². The third-order valence-corrected chi connectivity index (χ3v) is 8.15. The Morgan fingerprint density at radius 2 is 1.72 bits per heavy atom. The van der Waals surface area contributed by atoms with E-state index in [0.29, 0.717) is 12.5 Å². The molecule has 2 aromatic rings. The summed E-state index contributed by atoms with van der Waals surface area (Å²) in [6.07, 6.45) is 12.5. The molecule has 0 unspecified atom stereocenters. The summed E-state index contributed by atoms with van der Waals surface area (Å²) in [6.45, 7) is 0. The van der Waals surface area contributed by atoms with Crippen LogP contribution < -0.4 is 10.6 Å². The van der Waals surface area contributed by atoms with Crippen molar-refractivity contribution in [3.63, 3.8) is 0 Å². The van der Waals surface area contributed by atoms with Crippen molar-refractivity contribution in [2.24, 2.45) is 23.2 Å². The third kappa shape index (κ3) is 3.31. The van der Waals surface area contributed by atoms with Crippen molar-refractivity contribution in [2.75, 3.05) is 10.6 Å². The summed E-state index contributed by atoms with van der Waals surface area (Å²) in [5, 5.41) is 7.87. The summed E-state index contributed by atoms with van der Waals surface area (Å²) < 4.78 is 0. The molecule has 2 N–H and O–H groups in total. The van der Waals surface area contributed by atoms with Crippen molar-refractivity contribution in [1.82, 2.24) is 4.98 Å². The molecule has 5 aliphatic carbocycles. The molecule has 4 nitrogen and oxygen atoms in total. The first-order valence-corrected chi connectivity index (χ1v) is 11.6. The average Bonchev–Trinajstić information content (AvgIpc) is 2.63. The van der Waals surface area contributed by atoms with Gasteiger partial charge >= 0.3 is 0 Å². The maximum absolute atomic E-state index is 13.2. The Balaban J connectivity index is 1.24. The number of aromatic nitrogens is 1. The highest BCUT2D eigenvalue weighted by Crippen LogP contribution is 2.61. The maximum atomic E-state index is 13.2.